The Morgan fingerprint density at radius 2 is 2.06 bits per heavy atom. The number of hydrogen-bond donors (Lipinski definition) is 0. The molecule has 184 valence electrons. The lowest BCUT2D eigenvalue weighted by Crippen LogP contribution is -2.52. The van der Waals surface area contributed by atoms with Gasteiger partial charge in [0.05, 0.1) is 27.4 Å². The van der Waals surface area contributed by atoms with E-state index in [0.29, 0.717) is 33.1 Å². The number of thiophene rings is 1. The predicted molar refractivity (Wildman–Crippen MR) is 140 cm³/mol. The number of nitrogens with zero attached hydrogens (tertiary/aromatic N) is 3. The summed E-state index contributed by atoms with van der Waals surface area (Å²) >= 11 is 14.6. The molecule has 1 amide bonds. The Labute approximate surface area is 220 Å². The quantitative estimate of drug-likeness (QED) is 0.270. The van der Waals surface area contributed by atoms with Crippen LogP contribution in [-0.4, -0.2) is 36.2 Å². The van der Waals surface area contributed by atoms with E-state index in [1.807, 2.05) is 19.1 Å². The third kappa shape index (κ3) is 4.87. The number of benzene rings is 1. The molecule has 1 aliphatic heterocycles. The van der Waals surface area contributed by atoms with Crippen LogP contribution < -0.4 is 4.90 Å². The lowest BCUT2D eigenvalue weighted by atomic mass is 10.0. The van der Waals surface area contributed by atoms with Crippen LogP contribution in [0.2, 0.25) is 9.36 Å². The van der Waals surface area contributed by atoms with Crippen LogP contribution in [0.25, 0.3) is 10.2 Å². The molecule has 1 atom stereocenters. The minimum absolute atomic E-state index is 0.130. The van der Waals surface area contributed by atoms with Gasteiger partial charge in [0, 0.05) is 11.6 Å². The molecule has 12 heteroatoms. The van der Waals surface area contributed by atoms with Gasteiger partial charge in [0.2, 0.25) is 5.91 Å². The van der Waals surface area contributed by atoms with E-state index in [0.717, 1.165) is 33.5 Å². The molecular formula is C23H21Cl2N3O4S3. The van der Waals surface area contributed by atoms with Gasteiger partial charge >= 0.3 is 0 Å². The van der Waals surface area contributed by atoms with Gasteiger partial charge in [-0.25, -0.2) is 13.4 Å². The van der Waals surface area contributed by atoms with Crippen molar-refractivity contribution in [2.75, 3.05) is 11.4 Å². The van der Waals surface area contributed by atoms with Crippen molar-refractivity contribution >= 4 is 77.2 Å². The van der Waals surface area contributed by atoms with E-state index in [2.05, 4.69) is 0 Å². The van der Waals surface area contributed by atoms with E-state index >= 15 is 0 Å². The van der Waals surface area contributed by atoms with Gasteiger partial charge in [0.25, 0.3) is 10.0 Å². The van der Waals surface area contributed by atoms with Gasteiger partial charge < -0.3 is 4.42 Å². The molecule has 7 nitrogen and oxygen atoms in total. The molecular weight excluding hydrogens is 549 g/mol. The lowest BCUT2D eigenvalue weighted by molar-refractivity contribution is -0.123. The Kier molecular flexibility index (Phi) is 6.95. The zero-order valence-electron chi connectivity index (χ0n) is 18.6. The van der Waals surface area contributed by atoms with Crippen LogP contribution in [0.5, 0.6) is 0 Å². The first-order valence-corrected chi connectivity index (χ1v) is 14.7. The topological polar surface area (TPSA) is 83.7 Å². The summed E-state index contributed by atoms with van der Waals surface area (Å²) in [4.78, 5) is 20.3. The number of piperidine rings is 1. The summed E-state index contributed by atoms with van der Waals surface area (Å²) in [6.07, 6.45) is 3.38. The van der Waals surface area contributed by atoms with Crippen molar-refractivity contribution in [3.63, 3.8) is 0 Å². The number of rotatable bonds is 6. The summed E-state index contributed by atoms with van der Waals surface area (Å²) < 4.78 is 35.1. The van der Waals surface area contributed by atoms with Crippen molar-refractivity contribution in [2.45, 2.75) is 43.0 Å². The Hall–Kier alpha value is -1.95. The number of thiazole rings is 1. The third-order valence-electron chi connectivity index (χ3n) is 5.88. The number of sulfonamides is 1. The summed E-state index contributed by atoms with van der Waals surface area (Å²) in [6.45, 7) is 2.31. The molecule has 1 unspecified atom stereocenters. The fourth-order valence-corrected chi connectivity index (χ4v) is 8.92. The standard InChI is InChI=1S/C23H21Cl2N3O4S3/c1-14-11-15(24)12-18-21(14)26-23(33-18)27(13-16-5-4-10-32-16)22(29)17-6-2-3-9-28(17)35(30,31)20-8-7-19(25)34-20/h4-5,7-8,10-12,17H,2-3,6,9,13H2,1H3. The van der Waals surface area contributed by atoms with Crippen LogP contribution in [0.1, 0.15) is 30.6 Å². The molecule has 1 saturated heterocycles. The van der Waals surface area contributed by atoms with E-state index in [1.54, 1.807) is 18.2 Å². The summed E-state index contributed by atoms with van der Waals surface area (Å²) in [5, 5.41) is 1.06. The highest BCUT2D eigenvalue weighted by Gasteiger charge is 2.41. The molecule has 1 aromatic carbocycles. The smallest absolute Gasteiger partial charge is 0.253 e. The molecule has 0 bridgehead atoms. The number of aromatic nitrogens is 1. The first-order chi connectivity index (χ1) is 16.7. The molecule has 0 N–H and O–H groups in total. The highest BCUT2D eigenvalue weighted by atomic mass is 35.5. The van der Waals surface area contributed by atoms with Crippen molar-refractivity contribution in [3.05, 3.63) is 63.3 Å². The number of carbonyl (C=O) groups excluding carboxylic acids is 1. The Balaban J connectivity index is 1.55. The van der Waals surface area contributed by atoms with Crippen molar-refractivity contribution in [2.24, 2.45) is 0 Å². The van der Waals surface area contributed by atoms with Gasteiger partial charge in [-0.15, -0.1) is 11.3 Å². The molecule has 3 aromatic heterocycles. The van der Waals surface area contributed by atoms with Crippen LogP contribution in [0.4, 0.5) is 5.13 Å². The zero-order chi connectivity index (χ0) is 24.7. The molecule has 1 aliphatic rings. The second-order valence-electron chi connectivity index (χ2n) is 8.26. The van der Waals surface area contributed by atoms with Gasteiger partial charge in [-0.05, 0) is 61.7 Å². The van der Waals surface area contributed by atoms with Crippen molar-refractivity contribution < 1.29 is 17.6 Å². The molecule has 1 fully saturated rings. The summed E-state index contributed by atoms with van der Waals surface area (Å²) in [7, 11) is -3.89. The number of aryl methyl sites for hydroxylation is 1. The van der Waals surface area contributed by atoms with Gasteiger partial charge in [0.15, 0.2) is 5.13 Å². The minimum Gasteiger partial charge on any atom is -0.467 e. The maximum absolute atomic E-state index is 14.0. The monoisotopic (exact) mass is 569 g/mol. The van der Waals surface area contributed by atoms with Gasteiger partial charge in [-0.2, -0.15) is 4.31 Å². The third-order valence-corrected chi connectivity index (χ3v) is 10.7. The lowest BCUT2D eigenvalue weighted by Gasteiger charge is -2.35. The van der Waals surface area contributed by atoms with Gasteiger partial charge in [-0.1, -0.05) is 41.0 Å². The average Bonchev–Trinajstić information content (AvgIpc) is 3.58. The highest BCUT2D eigenvalue weighted by molar-refractivity contribution is 7.91. The van der Waals surface area contributed by atoms with Crippen molar-refractivity contribution in [1.82, 2.24) is 9.29 Å². The summed E-state index contributed by atoms with van der Waals surface area (Å²) in [5.74, 6) is 0.234. The van der Waals surface area contributed by atoms with Crippen LogP contribution in [0.15, 0.2) is 51.3 Å². The van der Waals surface area contributed by atoms with E-state index in [-0.39, 0.29) is 23.2 Å². The average molecular weight is 571 g/mol. The SMILES string of the molecule is Cc1cc(Cl)cc2sc(N(Cc3ccco3)C(=O)C3CCCCN3S(=O)(=O)c3ccc(Cl)s3)nc12. The largest absolute Gasteiger partial charge is 0.467 e. The fraction of sp³-hybridized carbons (Fsp3) is 0.304. The Morgan fingerprint density at radius 1 is 1.23 bits per heavy atom. The molecule has 0 radical (unpaired) electrons. The number of furan rings is 1. The van der Waals surface area contributed by atoms with Gasteiger partial charge in [0.1, 0.15) is 16.0 Å². The summed E-state index contributed by atoms with van der Waals surface area (Å²) in [6, 6.07) is 9.35. The van der Waals surface area contributed by atoms with E-state index in [4.69, 9.17) is 32.6 Å². The van der Waals surface area contributed by atoms with E-state index in [9.17, 15) is 13.2 Å². The molecule has 5 rings (SSSR count). The van der Waals surface area contributed by atoms with Crippen molar-refractivity contribution in [3.8, 4) is 0 Å². The second-order valence-corrected chi connectivity index (χ2v) is 13.5. The van der Waals surface area contributed by atoms with Crippen LogP contribution in [0.3, 0.4) is 0 Å². The highest BCUT2D eigenvalue weighted by Crippen LogP contribution is 2.36. The first-order valence-electron chi connectivity index (χ1n) is 10.9. The minimum atomic E-state index is -3.89. The number of halogens is 2. The van der Waals surface area contributed by atoms with E-state index < -0.39 is 16.1 Å². The van der Waals surface area contributed by atoms with Gasteiger partial charge in [-0.3, -0.25) is 9.69 Å². The molecule has 35 heavy (non-hydrogen) atoms. The zero-order valence-corrected chi connectivity index (χ0v) is 22.6. The van der Waals surface area contributed by atoms with Crippen LogP contribution in [-0.2, 0) is 21.4 Å². The number of hydrogen-bond acceptors (Lipinski definition) is 7. The number of fused-ring (bicyclic) bond motifs is 1. The maximum atomic E-state index is 14.0. The number of anilines is 1. The molecule has 0 spiro atoms. The fourth-order valence-electron chi connectivity index (χ4n) is 4.23. The van der Waals surface area contributed by atoms with Crippen LogP contribution in [0, 0.1) is 6.92 Å². The maximum Gasteiger partial charge on any atom is 0.253 e. The van der Waals surface area contributed by atoms with Crippen LogP contribution >= 0.6 is 45.9 Å². The Bertz CT molecular complexity index is 1480. The molecule has 4 aromatic rings. The Morgan fingerprint density at radius 3 is 2.77 bits per heavy atom. The number of carbonyl (C=O) groups is 1. The molecule has 4 heterocycles. The first kappa shape index (κ1) is 24.7. The summed E-state index contributed by atoms with van der Waals surface area (Å²) in [5.41, 5.74) is 1.66. The van der Waals surface area contributed by atoms with Crippen molar-refractivity contribution in [1.29, 1.82) is 0 Å². The molecule has 0 aliphatic carbocycles. The second kappa shape index (κ2) is 9.84. The van der Waals surface area contributed by atoms with E-state index in [1.165, 1.54) is 32.9 Å². The molecule has 0 saturated carbocycles. The predicted octanol–water partition coefficient (Wildman–Crippen LogP) is 6.34. The normalized spacial score (nSPS) is 17.2. The number of amides is 1.